The van der Waals surface area contributed by atoms with Crippen molar-refractivity contribution in [3.05, 3.63) is 65.7 Å². The van der Waals surface area contributed by atoms with E-state index in [1.807, 2.05) is 31.2 Å². The van der Waals surface area contributed by atoms with Gasteiger partial charge in [0.25, 0.3) is 0 Å². The van der Waals surface area contributed by atoms with E-state index in [0.717, 1.165) is 10.7 Å². The van der Waals surface area contributed by atoms with E-state index in [1.165, 1.54) is 36.9 Å². The quantitative estimate of drug-likeness (QED) is 0.720. The smallest absolute Gasteiger partial charge is 0.243 e. The third kappa shape index (κ3) is 5.89. The van der Waals surface area contributed by atoms with Crippen LogP contribution in [0.2, 0.25) is 0 Å². The molecule has 0 aliphatic heterocycles. The molecular weight excluding hydrogens is 386 g/mol. The third-order valence-corrected chi connectivity index (χ3v) is 6.65. The standard InChI is InChI=1S/C22H27N3O3S/c1-17(14-22(2,3)19-8-6-5-7-9-19)24-21(26)16-25(4)29(27,28)20-12-10-18(15-23)11-13-20/h5-13,17H,14,16H2,1-4H3,(H,24,26). The maximum atomic E-state index is 12.6. The van der Waals surface area contributed by atoms with Crippen molar-refractivity contribution in [3.63, 3.8) is 0 Å². The second-order valence-corrected chi connectivity index (χ2v) is 9.86. The number of nitriles is 1. The van der Waals surface area contributed by atoms with Gasteiger partial charge in [-0.2, -0.15) is 9.57 Å². The molecule has 1 N–H and O–H groups in total. The minimum absolute atomic E-state index is 0.0464. The predicted octanol–water partition coefficient (Wildman–Crippen LogP) is 3.05. The van der Waals surface area contributed by atoms with Crippen molar-refractivity contribution in [2.75, 3.05) is 13.6 Å². The van der Waals surface area contributed by atoms with Crippen molar-refractivity contribution in [1.29, 1.82) is 5.26 Å². The van der Waals surface area contributed by atoms with Crippen molar-refractivity contribution in [2.45, 2.75) is 43.5 Å². The molecule has 1 amide bonds. The molecule has 0 aliphatic carbocycles. The summed E-state index contributed by atoms with van der Waals surface area (Å²) in [5, 5.41) is 11.7. The van der Waals surface area contributed by atoms with Gasteiger partial charge in [-0.15, -0.1) is 0 Å². The first-order valence-corrected chi connectivity index (χ1v) is 10.8. The maximum absolute atomic E-state index is 12.6. The molecule has 0 radical (unpaired) electrons. The van der Waals surface area contributed by atoms with Crippen LogP contribution in [0, 0.1) is 11.3 Å². The summed E-state index contributed by atoms with van der Waals surface area (Å²) in [6.07, 6.45) is 0.717. The van der Waals surface area contributed by atoms with Gasteiger partial charge in [0.2, 0.25) is 15.9 Å². The molecule has 0 aromatic heterocycles. The average Bonchev–Trinajstić information content (AvgIpc) is 2.68. The molecule has 0 aliphatic rings. The minimum Gasteiger partial charge on any atom is -0.352 e. The summed E-state index contributed by atoms with van der Waals surface area (Å²) >= 11 is 0. The average molecular weight is 414 g/mol. The van der Waals surface area contributed by atoms with E-state index < -0.39 is 10.0 Å². The Balaban J connectivity index is 1.97. The first-order chi connectivity index (χ1) is 13.6. The van der Waals surface area contributed by atoms with Crippen molar-refractivity contribution < 1.29 is 13.2 Å². The number of amides is 1. The molecule has 0 heterocycles. The highest BCUT2D eigenvalue weighted by atomic mass is 32.2. The first kappa shape index (κ1) is 22.6. The molecule has 0 saturated heterocycles. The van der Waals surface area contributed by atoms with E-state index in [9.17, 15) is 13.2 Å². The molecule has 2 aromatic carbocycles. The van der Waals surface area contributed by atoms with Gasteiger partial charge in [-0.05, 0) is 48.6 Å². The van der Waals surface area contributed by atoms with Gasteiger partial charge in [-0.3, -0.25) is 4.79 Å². The summed E-state index contributed by atoms with van der Waals surface area (Å²) in [7, 11) is -2.44. The number of nitrogens with zero attached hydrogens (tertiary/aromatic N) is 2. The van der Waals surface area contributed by atoms with Crippen LogP contribution in [0.15, 0.2) is 59.5 Å². The highest BCUT2D eigenvalue weighted by Gasteiger charge is 2.26. The van der Waals surface area contributed by atoms with Gasteiger partial charge in [0, 0.05) is 13.1 Å². The van der Waals surface area contributed by atoms with Crippen molar-refractivity contribution in [1.82, 2.24) is 9.62 Å². The van der Waals surface area contributed by atoms with Crippen LogP contribution in [0.3, 0.4) is 0 Å². The van der Waals surface area contributed by atoms with E-state index in [4.69, 9.17) is 5.26 Å². The highest BCUT2D eigenvalue weighted by molar-refractivity contribution is 7.89. The Bertz CT molecular complexity index is 978. The predicted molar refractivity (Wildman–Crippen MR) is 113 cm³/mol. The zero-order valence-corrected chi connectivity index (χ0v) is 18.0. The van der Waals surface area contributed by atoms with Crippen LogP contribution < -0.4 is 5.32 Å². The Kier molecular flexibility index (Phi) is 7.17. The van der Waals surface area contributed by atoms with Crippen LogP contribution >= 0.6 is 0 Å². The van der Waals surface area contributed by atoms with Gasteiger partial charge in [-0.25, -0.2) is 8.42 Å². The van der Waals surface area contributed by atoms with Crippen LogP contribution in [0.1, 0.15) is 38.3 Å². The lowest BCUT2D eigenvalue weighted by molar-refractivity contribution is -0.121. The number of hydrogen-bond acceptors (Lipinski definition) is 4. The molecule has 2 rings (SSSR count). The zero-order chi connectivity index (χ0) is 21.7. The molecule has 0 spiro atoms. The number of sulfonamides is 1. The summed E-state index contributed by atoms with van der Waals surface area (Å²) < 4.78 is 26.3. The molecule has 1 atom stereocenters. The van der Waals surface area contributed by atoms with Gasteiger partial charge in [0.15, 0.2) is 0 Å². The molecule has 2 aromatic rings. The lowest BCUT2D eigenvalue weighted by atomic mass is 9.79. The number of benzene rings is 2. The molecule has 0 bridgehead atoms. The van der Waals surface area contributed by atoms with Crippen LogP contribution in [0.4, 0.5) is 0 Å². The van der Waals surface area contributed by atoms with Crippen LogP contribution in [0.5, 0.6) is 0 Å². The van der Waals surface area contributed by atoms with Crippen molar-refractivity contribution >= 4 is 15.9 Å². The van der Waals surface area contributed by atoms with Crippen LogP contribution in [0.25, 0.3) is 0 Å². The monoisotopic (exact) mass is 413 g/mol. The summed E-state index contributed by atoms with van der Waals surface area (Å²) in [6, 6.07) is 17.5. The second kappa shape index (κ2) is 9.21. The van der Waals surface area contributed by atoms with E-state index in [2.05, 4.69) is 31.3 Å². The summed E-state index contributed by atoms with van der Waals surface area (Å²) in [4.78, 5) is 12.5. The Hall–Kier alpha value is -2.69. The van der Waals surface area contributed by atoms with E-state index in [1.54, 1.807) is 0 Å². The number of carbonyl (C=O) groups is 1. The van der Waals surface area contributed by atoms with Crippen LogP contribution in [-0.2, 0) is 20.2 Å². The third-order valence-electron chi connectivity index (χ3n) is 4.84. The number of rotatable bonds is 8. The van der Waals surface area contributed by atoms with E-state index >= 15 is 0 Å². The van der Waals surface area contributed by atoms with Crippen molar-refractivity contribution in [2.24, 2.45) is 0 Å². The molecule has 0 fully saturated rings. The first-order valence-electron chi connectivity index (χ1n) is 9.37. The van der Waals surface area contributed by atoms with Gasteiger partial charge in [0.1, 0.15) is 0 Å². The normalized spacial score (nSPS) is 13.0. The number of nitrogens with one attached hydrogen (secondary N) is 1. The molecule has 29 heavy (non-hydrogen) atoms. The maximum Gasteiger partial charge on any atom is 0.243 e. The highest BCUT2D eigenvalue weighted by Crippen LogP contribution is 2.28. The van der Waals surface area contributed by atoms with E-state index in [-0.39, 0.29) is 28.8 Å². The van der Waals surface area contributed by atoms with Gasteiger partial charge < -0.3 is 5.32 Å². The van der Waals surface area contributed by atoms with Gasteiger partial charge in [0.05, 0.1) is 23.1 Å². The number of carbonyl (C=O) groups excluding carboxylic acids is 1. The van der Waals surface area contributed by atoms with Gasteiger partial charge in [-0.1, -0.05) is 44.2 Å². The number of likely N-dealkylation sites (N-methyl/N-ethyl adjacent to an activating group) is 1. The fourth-order valence-corrected chi connectivity index (χ4v) is 4.44. The summed E-state index contributed by atoms with van der Waals surface area (Å²) in [5.41, 5.74) is 1.43. The minimum atomic E-state index is -3.81. The van der Waals surface area contributed by atoms with E-state index in [0.29, 0.717) is 5.56 Å². The fraction of sp³-hybridized carbons (Fsp3) is 0.364. The Morgan fingerprint density at radius 1 is 1.14 bits per heavy atom. The summed E-state index contributed by atoms with van der Waals surface area (Å²) in [6.45, 7) is 5.87. The second-order valence-electron chi connectivity index (χ2n) is 7.82. The molecule has 6 nitrogen and oxygen atoms in total. The van der Waals surface area contributed by atoms with Crippen molar-refractivity contribution in [3.8, 4) is 6.07 Å². The fourth-order valence-electron chi connectivity index (χ4n) is 3.31. The molecule has 0 saturated carbocycles. The largest absolute Gasteiger partial charge is 0.352 e. The Morgan fingerprint density at radius 2 is 1.72 bits per heavy atom. The molecule has 154 valence electrons. The lowest BCUT2D eigenvalue weighted by Gasteiger charge is -2.29. The topological polar surface area (TPSA) is 90.3 Å². The molecular formula is C22H27N3O3S. The zero-order valence-electron chi connectivity index (χ0n) is 17.2. The SMILES string of the molecule is CC(CC(C)(C)c1ccccc1)NC(=O)CN(C)S(=O)(=O)c1ccc(C#N)cc1. The van der Waals surface area contributed by atoms with Gasteiger partial charge >= 0.3 is 0 Å². The molecule has 7 heteroatoms. The summed E-state index contributed by atoms with van der Waals surface area (Å²) in [5.74, 6) is -0.360. The number of hydrogen-bond donors (Lipinski definition) is 1. The molecule has 1 unspecified atom stereocenters. The van der Waals surface area contributed by atoms with Crippen LogP contribution in [-0.4, -0.2) is 38.3 Å². The lowest BCUT2D eigenvalue weighted by Crippen LogP contribution is -2.43. The Morgan fingerprint density at radius 3 is 2.28 bits per heavy atom. The Labute approximate surface area is 173 Å².